The lowest BCUT2D eigenvalue weighted by molar-refractivity contribution is -0.138. The van der Waals surface area contributed by atoms with Crippen molar-refractivity contribution in [1.82, 2.24) is 4.90 Å². The number of hydrogen-bond acceptors (Lipinski definition) is 3. The molecule has 0 aliphatic carbocycles. The van der Waals surface area contributed by atoms with Crippen molar-refractivity contribution in [2.45, 2.75) is 26.3 Å². The molecule has 0 radical (unpaired) electrons. The molecule has 0 bridgehead atoms. The SMILES string of the molecule is CCC(C)N(CC(=O)O)C(=O)c1cc(N)ccc1Br. The molecule has 0 aromatic heterocycles. The predicted octanol–water partition coefficient (Wildman–Crippen LogP) is 2.36. The van der Waals surface area contributed by atoms with Gasteiger partial charge in [-0.1, -0.05) is 6.92 Å². The fourth-order valence-corrected chi connectivity index (χ4v) is 2.07. The van der Waals surface area contributed by atoms with E-state index in [4.69, 9.17) is 10.8 Å². The van der Waals surface area contributed by atoms with E-state index < -0.39 is 5.97 Å². The van der Waals surface area contributed by atoms with Gasteiger partial charge >= 0.3 is 5.97 Å². The molecule has 104 valence electrons. The van der Waals surface area contributed by atoms with Gasteiger partial charge in [0.1, 0.15) is 6.54 Å². The number of rotatable bonds is 5. The van der Waals surface area contributed by atoms with Crippen molar-refractivity contribution >= 4 is 33.5 Å². The molecule has 0 aliphatic rings. The maximum Gasteiger partial charge on any atom is 0.323 e. The summed E-state index contributed by atoms with van der Waals surface area (Å²) in [6, 6.07) is 4.74. The van der Waals surface area contributed by atoms with E-state index in [2.05, 4.69) is 15.9 Å². The summed E-state index contributed by atoms with van der Waals surface area (Å²) >= 11 is 3.29. The van der Waals surface area contributed by atoms with Gasteiger partial charge in [-0.2, -0.15) is 0 Å². The molecule has 19 heavy (non-hydrogen) atoms. The lowest BCUT2D eigenvalue weighted by atomic mass is 10.1. The third kappa shape index (κ3) is 3.96. The summed E-state index contributed by atoms with van der Waals surface area (Å²) in [4.78, 5) is 24.7. The quantitative estimate of drug-likeness (QED) is 0.812. The number of nitrogen functional groups attached to an aromatic ring is 1. The van der Waals surface area contributed by atoms with Crippen LogP contribution in [0.15, 0.2) is 22.7 Å². The summed E-state index contributed by atoms with van der Waals surface area (Å²) in [5, 5.41) is 8.92. The van der Waals surface area contributed by atoms with Crippen molar-refractivity contribution < 1.29 is 14.7 Å². The van der Waals surface area contributed by atoms with Crippen LogP contribution < -0.4 is 5.73 Å². The highest BCUT2D eigenvalue weighted by molar-refractivity contribution is 9.10. The van der Waals surface area contributed by atoms with E-state index in [1.54, 1.807) is 18.2 Å². The van der Waals surface area contributed by atoms with Crippen LogP contribution in [0, 0.1) is 0 Å². The highest BCUT2D eigenvalue weighted by Gasteiger charge is 2.24. The zero-order chi connectivity index (χ0) is 14.6. The van der Waals surface area contributed by atoms with Crippen LogP contribution in [-0.4, -0.2) is 34.5 Å². The third-order valence-corrected chi connectivity index (χ3v) is 3.60. The highest BCUT2D eigenvalue weighted by atomic mass is 79.9. The number of benzene rings is 1. The maximum atomic E-state index is 12.4. The largest absolute Gasteiger partial charge is 0.480 e. The molecule has 6 heteroatoms. The van der Waals surface area contributed by atoms with E-state index in [-0.39, 0.29) is 18.5 Å². The lowest BCUT2D eigenvalue weighted by Crippen LogP contribution is -2.42. The molecule has 3 N–H and O–H groups in total. The topological polar surface area (TPSA) is 83.6 Å². The Morgan fingerprint density at radius 3 is 2.63 bits per heavy atom. The number of amides is 1. The molecule has 1 aromatic rings. The summed E-state index contributed by atoms with van der Waals surface area (Å²) in [5.74, 6) is -1.37. The van der Waals surface area contributed by atoms with E-state index in [1.165, 1.54) is 4.90 Å². The minimum absolute atomic E-state index is 0.156. The zero-order valence-corrected chi connectivity index (χ0v) is 12.5. The Bertz CT molecular complexity index is 491. The fourth-order valence-electron chi connectivity index (χ4n) is 1.66. The van der Waals surface area contributed by atoms with Crippen LogP contribution in [0.4, 0.5) is 5.69 Å². The minimum atomic E-state index is -1.03. The number of aliphatic carboxylic acids is 1. The van der Waals surface area contributed by atoms with Crippen molar-refractivity contribution in [2.24, 2.45) is 0 Å². The van der Waals surface area contributed by atoms with Gasteiger partial charge in [0.05, 0.1) is 5.56 Å². The summed E-state index contributed by atoms with van der Waals surface area (Å²) in [5.41, 5.74) is 6.51. The van der Waals surface area contributed by atoms with Crippen molar-refractivity contribution in [3.8, 4) is 0 Å². The number of carboxylic acid groups (broad SMARTS) is 1. The number of carbonyl (C=O) groups is 2. The molecule has 0 saturated carbocycles. The first-order valence-corrected chi connectivity index (χ1v) is 6.73. The first-order chi connectivity index (χ1) is 8.86. The van der Waals surface area contributed by atoms with Gasteiger partial charge in [0.15, 0.2) is 0 Å². The number of halogens is 1. The third-order valence-electron chi connectivity index (χ3n) is 2.91. The minimum Gasteiger partial charge on any atom is -0.480 e. The van der Waals surface area contributed by atoms with E-state index in [0.29, 0.717) is 22.1 Å². The molecule has 0 heterocycles. The lowest BCUT2D eigenvalue weighted by Gasteiger charge is -2.27. The van der Waals surface area contributed by atoms with E-state index in [1.807, 2.05) is 13.8 Å². The molecule has 0 aliphatic heterocycles. The van der Waals surface area contributed by atoms with Gasteiger partial charge in [-0.05, 0) is 47.5 Å². The molecule has 1 atom stereocenters. The van der Waals surface area contributed by atoms with E-state index >= 15 is 0 Å². The average Bonchev–Trinajstić information content (AvgIpc) is 2.37. The van der Waals surface area contributed by atoms with Crippen LogP contribution in [0.2, 0.25) is 0 Å². The van der Waals surface area contributed by atoms with Gasteiger partial charge in [0.2, 0.25) is 0 Å². The molecular formula is C13H17BrN2O3. The van der Waals surface area contributed by atoms with Crippen LogP contribution in [0.1, 0.15) is 30.6 Å². The molecule has 1 rings (SSSR count). The predicted molar refractivity (Wildman–Crippen MR) is 77.0 cm³/mol. The van der Waals surface area contributed by atoms with E-state index in [9.17, 15) is 9.59 Å². The van der Waals surface area contributed by atoms with Gasteiger partial charge in [-0.25, -0.2) is 0 Å². The van der Waals surface area contributed by atoms with Crippen LogP contribution in [0.5, 0.6) is 0 Å². The summed E-state index contributed by atoms with van der Waals surface area (Å²) in [6.07, 6.45) is 0.680. The number of hydrogen-bond donors (Lipinski definition) is 2. The first-order valence-electron chi connectivity index (χ1n) is 5.94. The Kier molecular flexibility index (Phi) is 5.35. The Hall–Kier alpha value is -1.56. The van der Waals surface area contributed by atoms with Crippen molar-refractivity contribution in [3.63, 3.8) is 0 Å². The zero-order valence-electron chi connectivity index (χ0n) is 10.9. The van der Waals surface area contributed by atoms with Gasteiger partial charge in [0.25, 0.3) is 5.91 Å². The van der Waals surface area contributed by atoms with Crippen LogP contribution in [-0.2, 0) is 4.79 Å². The van der Waals surface area contributed by atoms with E-state index in [0.717, 1.165) is 0 Å². The Labute approximate surface area is 120 Å². The highest BCUT2D eigenvalue weighted by Crippen LogP contribution is 2.22. The monoisotopic (exact) mass is 328 g/mol. The number of carbonyl (C=O) groups excluding carboxylic acids is 1. The maximum absolute atomic E-state index is 12.4. The van der Waals surface area contributed by atoms with Gasteiger partial charge < -0.3 is 15.7 Å². The van der Waals surface area contributed by atoms with Gasteiger partial charge in [-0.15, -0.1) is 0 Å². The average molecular weight is 329 g/mol. The Morgan fingerprint density at radius 2 is 2.11 bits per heavy atom. The van der Waals surface area contributed by atoms with Crippen LogP contribution in [0.25, 0.3) is 0 Å². The standard InChI is InChI=1S/C13H17BrN2O3/c1-3-8(2)16(7-12(17)18)13(19)10-6-9(15)4-5-11(10)14/h4-6,8H,3,7,15H2,1-2H3,(H,17,18). The van der Waals surface area contributed by atoms with Crippen molar-refractivity contribution in [2.75, 3.05) is 12.3 Å². The van der Waals surface area contributed by atoms with Crippen molar-refractivity contribution in [1.29, 1.82) is 0 Å². The number of carboxylic acids is 1. The molecular weight excluding hydrogens is 312 g/mol. The summed E-state index contributed by atoms with van der Waals surface area (Å²) in [7, 11) is 0. The smallest absolute Gasteiger partial charge is 0.323 e. The second kappa shape index (κ2) is 6.56. The number of nitrogens with zero attached hydrogens (tertiary/aromatic N) is 1. The second-order valence-electron chi connectivity index (χ2n) is 4.32. The molecule has 1 unspecified atom stereocenters. The fraction of sp³-hybridized carbons (Fsp3) is 0.385. The van der Waals surface area contributed by atoms with Gasteiger partial charge in [0, 0.05) is 16.2 Å². The normalized spacial score (nSPS) is 11.9. The summed E-state index contributed by atoms with van der Waals surface area (Å²) < 4.78 is 0.602. The van der Waals surface area contributed by atoms with Crippen LogP contribution in [0.3, 0.4) is 0 Å². The van der Waals surface area contributed by atoms with Crippen LogP contribution >= 0.6 is 15.9 Å². The van der Waals surface area contributed by atoms with Crippen molar-refractivity contribution in [3.05, 3.63) is 28.2 Å². The molecule has 1 amide bonds. The Balaban J connectivity index is 3.11. The first kappa shape index (κ1) is 15.5. The number of nitrogens with two attached hydrogens (primary N) is 1. The molecule has 1 aromatic carbocycles. The molecule has 0 fully saturated rings. The molecule has 5 nitrogen and oxygen atoms in total. The second-order valence-corrected chi connectivity index (χ2v) is 5.18. The molecule has 0 spiro atoms. The number of anilines is 1. The van der Waals surface area contributed by atoms with Gasteiger partial charge in [-0.3, -0.25) is 9.59 Å². The Morgan fingerprint density at radius 1 is 1.47 bits per heavy atom. The summed E-state index contributed by atoms with van der Waals surface area (Å²) in [6.45, 7) is 3.40. The molecule has 0 saturated heterocycles.